The Hall–Kier alpha value is 0.250. The number of halogens is 4. The maximum atomic E-state index is 11.7. The highest BCUT2D eigenvalue weighted by atomic mass is 35.6. The molecule has 0 amide bonds. The van der Waals surface area contributed by atoms with Crippen molar-refractivity contribution < 1.29 is 17.7 Å². The van der Waals surface area contributed by atoms with Gasteiger partial charge in [-0.25, -0.2) is 0 Å². The minimum atomic E-state index is -3.81. The zero-order valence-electron chi connectivity index (χ0n) is 11.5. The molecule has 1 N–H and O–H groups in total. The molecule has 1 aromatic rings. The van der Waals surface area contributed by atoms with E-state index < -0.39 is 26.1 Å². The van der Waals surface area contributed by atoms with Gasteiger partial charge in [0, 0.05) is 12.3 Å². The molecule has 0 saturated carbocycles. The molecular weight excluding hydrogens is 394 g/mol. The first-order valence-corrected chi connectivity index (χ1v) is 9.60. The van der Waals surface area contributed by atoms with Gasteiger partial charge in [0.2, 0.25) is 0 Å². The molecule has 9 heteroatoms. The maximum absolute atomic E-state index is 11.7. The maximum Gasteiger partial charge on any atom is 0.267 e. The van der Waals surface area contributed by atoms with Crippen molar-refractivity contribution in [1.82, 2.24) is 0 Å². The van der Waals surface area contributed by atoms with Gasteiger partial charge in [0.1, 0.15) is 5.60 Å². The summed E-state index contributed by atoms with van der Waals surface area (Å²) < 4.78 is 26.6. The Bertz CT molecular complexity index is 559. The lowest BCUT2D eigenvalue weighted by atomic mass is 9.92. The predicted molar refractivity (Wildman–Crippen MR) is 90.3 cm³/mol. The molecular formula is C13H16Cl4O4S. The van der Waals surface area contributed by atoms with E-state index in [0.717, 1.165) is 0 Å². The molecule has 1 atom stereocenters. The summed E-state index contributed by atoms with van der Waals surface area (Å²) in [6.45, 7) is -0.546. The van der Waals surface area contributed by atoms with Crippen LogP contribution in [0.1, 0.15) is 18.4 Å². The van der Waals surface area contributed by atoms with E-state index in [1.165, 1.54) is 0 Å². The first kappa shape index (κ1) is 20.3. The summed E-state index contributed by atoms with van der Waals surface area (Å²) in [5, 5.41) is 10.7. The SMILES string of the molecule is O=S(=O)(CCCCl)OCC(O)(CC(Cl)(Cl)Cl)c1ccccc1. The van der Waals surface area contributed by atoms with Crippen molar-refractivity contribution in [2.24, 2.45) is 0 Å². The van der Waals surface area contributed by atoms with Gasteiger partial charge in [-0.05, 0) is 12.0 Å². The standard InChI is InChI=1S/C13H16Cl4O4S/c14-7-4-8-22(19,20)21-10-12(18,9-13(15,16)17)11-5-2-1-3-6-11/h1-3,5-6,18H,4,7-10H2. The fourth-order valence-electron chi connectivity index (χ4n) is 1.79. The highest BCUT2D eigenvalue weighted by molar-refractivity contribution is 7.86. The predicted octanol–water partition coefficient (Wildman–Crippen LogP) is 3.61. The normalized spacial score (nSPS) is 15.5. The molecule has 0 aliphatic carbocycles. The van der Waals surface area contributed by atoms with Crippen LogP contribution in [0.4, 0.5) is 0 Å². The summed E-state index contributed by atoms with van der Waals surface area (Å²) >= 11 is 22.7. The van der Waals surface area contributed by atoms with E-state index in [4.69, 9.17) is 50.6 Å². The van der Waals surface area contributed by atoms with Crippen molar-refractivity contribution >= 4 is 56.5 Å². The van der Waals surface area contributed by atoms with Crippen LogP contribution < -0.4 is 0 Å². The molecule has 1 rings (SSSR count). The lowest BCUT2D eigenvalue weighted by Gasteiger charge is -2.31. The molecule has 0 heterocycles. The molecule has 0 aliphatic heterocycles. The second-order valence-electron chi connectivity index (χ2n) is 4.76. The van der Waals surface area contributed by atoms with Crippen molar-refractivity contribution in [3.05, 3.63) is 35.9 Å². The molecule has 0 radical (unpaired) electrons. The first-order chi connectivity index (χ1) is 10.1. The number of alkyl halides is 4. The van der Waals surface area contributed by atoms with Gasteiger partial charge in [-0.15, -0.1) is 11.6 Å². The average Bonchev–Trinajstić information content (AvgIpc) is 2.43. The van der Waals surface area contributed by atoms with Crippen LogP contribution in [0, 0.1) is 0 Å². The van der Waals surface area contributed by atoms with Crippen LogP contribution in [0.15, 0.2) is 30.3 Å². The van der Waals surface area contributed by atoms with Gasteiger partial charge in [-0.1, -0.05) is 65.1 Å². The number of hydrogen-bond donors (Lipinski definition) is 1. The third-order valence-corrected chi connectivity index (χ3v) is 4.74. The van der Waals surface area contributed by atoms with E-state index in [0.29, 0.717) is 5.56 Å². The van der Waals surface area contributed by atoms with Gasteiger partial charge in [0.15, 0.2) is 3.79 Å². The van der Waals surface area contributed by atoms with Crippen molar-refractivity contribution in [3.63, 3.8) is 0 Å². The molecule has 126 valence electrons. The third kappa shape index (κ3) is 7.21. The van der Waals surface area contributed by atoms with Crippen LogP contribution in [0.3, 0.4) is 0 Å². The van der Waals surface area contributed by atoms with Gasteiger partial charge in [-0.2, -0.15) is 8.42 Å². The first-order valence-electron chi connectivity index (χ1n) is 6.36. The minimum absolute atomic E-state index is 0.194. The largest absolute Gasteiger partial charge is 0.383 e. The third-order valence-electron chi connectivity index (χ3n) is 2.81. The Morgan fingerprint density at radius 3 is 2.23 bits per heavy atom. The zero-order chi connectivity index (χ0) is 16.9. The minimum Gasteiger partial charge on any atom is -0.383 e. The molecule has 0 aliphatic rings. The summed E-state index contributed by atoms with van der Waals surface area (Å²) in [6, 6.07) is 8.31. The Balaban J connectivity index is 2.93. The van der Waals surface area contributed by atoms with Crippen LogP contribution in [0.2, 0.25) is 0 Å². The average molecular weight is 410 g/mol. The zero-order valence-corrected chi connectivity index (χ0v) is 15.4. The quantitative estimate of drug-likeness (QED) is 0.526. The second kappa shape index (κ2) is 8.38. The smallest absolute Gasteiger partial charge is 0.267 e. The topological polar surface area (TPSA) is 63.6 Å². The van der Waals surface area contributed by atoms with Gasteiger partial charge < -0.3 is 5.11 Å². The summed E-state index contributed by atoms with van der Waals surface area (Å²) in [7, 11) is -3.81. The summed E-state index contributed by atoms with van der Waals surface area (Å²) in [5.74, 6) is -0.0468. The van der Waals surface area contributed by atoms with Crippen LogP contribution >= 0.6 is 46.4 Å². The Morgan fingerprint density at radius 1 is 1.14 bits per heavy atom. The van der Waals surface area contributed by atoms with Gasteiger partial charge in [-0.3, -0.25) is 4.18 Å². The molecule has 0 saturated heterocycles. The van der Waals surface area contributed by atoms with E-state index >= 15 is 0 Å². The lowest BCUT2D eigenvalue weighted by molar-refractivity contribution is -0.0141. The second-order valence-corrected chi connectivity index (χ2v) is 9.41. The lowest BCUT2D eigenvalue weighted by Crippen LogP contribution is -2.37. The van der Waals surface area contributed by atoms with Gasteiger partial charge >= 0.3 is 0 Å². The van der Waals surface area contributed by atoms with Crippen LogP contribution in [-0.2, 0) is 19.9 Å². The van der Waals surface area contributed by atoms with E-state index in [-0.39, 0.29) is 24.5 Å². The summed E-state index contributed by atoms with van der Waals surface area (Å²) in [5.41, 5.74) is -1.35. The molecule has 1 aromatic carbocycles. The number of aliphatic hydroxyl groups is 1. The van der Waals surface area contributed by atoms with Crippen molar-refractivity contribution in [1.29, 1.82) is 0 Å². The van der Waals surface area contributed by atoms with Gasteiger partial charge in [0.05, 0.1) is 12.4 Å². The van der Waals surface area contributed by atoms with E-state index in [9.17, 15) is 13.5 Å². The number of hydrogen-bond acceptors (Lipinski definition) is 4. The Morgan fingerprint density at radius 2 is 1.73 bits per heavy atom. The summed E-state index contributed by atoms with van der Waals surface area (Å²) in [6.07, 6.45) is -0.0716. The molecule has 0 bridgehead atoms. The molecule has 0 aromatic heterocycles. The molecule has 22 heavy (non-hydrogen) atoms. The Labute approximate surface area is 150 Å². The number of benzene rings is 1. The number of rotatable bonds is 8. The Kier molecular flexibility index (Phi) is 7.73. The molecule has 1 unspecified atom stereocenters. The molecule has 4 nitrogen and oxygen atoms in total. The van der Waals surface area contributed by atoms with Crippen molar-refractivity contribution in [2.45, 2.75) is 22.2 Å². The van der Waals surface area contributed by atoms with E-state index in [1.807, 2.05) is 0 Å². The monoisotopic (exact) mass is 408 g/mol. The van der Waals surface area contributed by atoms with Crippen LogP contribution in [0.5, 0.6) is 0 Å². The summed E-state index contributed by atoms with van der Waals surface area (Å²) in [4.78, 5) is 0. The van der Waals surface area contributed by atoms with Crippen molar-refractivity contribution in [3.8, 4) is 0 Å². The highest BCUT2D eigenvalue weighted by Crippen LogP contribution is 2.40. The molecule has 0 fully saturated rings. The molecule has 0 spiro atoms. The fraction of sp³-hybridized carbons (Fsp3) is 0.538. The van der Waals surface area contributed by atoms with Crippen LogP contribution in [-0.4, -0.2) is 35.6 Å². The van der Waals surface area contributed by atoms with Crippen molar-refractivity contribution in [2.75, 3.05) is 18.2 Å². The highest BCUT2D eigenvalue weighted by Gasteiger charge is 2.39. The van der Waals surface area contributed by atoms with E-state index in [1.54, 1.807) is 30.3 Å². The fourth-order valence-corrected chi connectivity index (χ4v) is 3.74. The van der Waals surface area contributed by atoms with Crippen LogP contribution in [0.25, 0.3) is 0 Å². The van der Waals surface area contributed by atoms with E-state index in [2.05, 4.69) is 0 Å². The van der Waals surface area contributed by atoms with Gasteiger partial charge in [0.25, 0.3) is 10.1 Å².